The fraction of sp³-hybridized carbons (Fsp3) is 0.636. The van der Waals surface area contributed by atoms with Gasteiger partial charge >= 0.3 is 0 Å². The second-order valence-corrected chi connectivity index (χ2v) is 3.89. The van der Waals surface area contributed by atoms with Gasteiger partial charge in [0.25, 0.3) is 0 Å². The van der Waals surface area contributed by atoms with Crippen LogP contribution in [-0.4, -0.2) is 14.5 Å². The van der Waals surface area contributed by atoms with Crippen LogP contribution in [0.25, 0.3) is 0 Å². The molecule has 15 heavy (non-hydrogen) atoms. The van der Waals surface area contributed by atoms with E-state index in [-0.39, 0.29) is 32.7 Å². The average Bonchev–Trinajstić information content (AvgIpc) is 2.78. The SMILES string of the molecule is [B]C1CCCC1COCc1cc[c-]o1.[Y]. The molecule has 2 unspecified atom stereocenters. The van der Waals surface area contributed by atoms with Gasteiger partial charge in [0.1, 0.15) is 0 Å². The molecular weight excluding hydrogens is 264 g/mol. The minimum absolute atomic E-state index is 0. The molecule has 1 aromatic heterocycles. The molecule has 0 spiro atoms. The zero-order valence-electron chi connectivity index (χ0n) is 8.82. The molecular formula is C11H14BO2Y-. The topological polar surface area (TPSA) is 22.4 Å². The maximum Gasteiger partial charge on any atom is 0.0704 e. The second-order valence-electron chi connectivity index (χ2n) is 3.89. The molecule has 0 saturated heterocycles. The Morgan fingerprint density at radius 3 is 3.00 bits per heavy atom. The molecule has 1 fully saturated rings. The van der Waals surface area contributed by atoms with E-state index in [4.69, 9.17) is 17.0 Å². The van der Waals surface area contributed by atoms with Gasteiger partial charge in [-0.3, -0.25) is 0 Å². The summed E-state index contributed by atoms with van der Waals surface area (Å²) in [6.45, 7) is 1.29. The smallest absolute Gasteiger partial charge is 0.0704 e. The normalized spacial score (nSPS) is 25.1. The van der Waals surface area contributed by atoms with Crippen LogP contribution in [0, 0.1) is 12.2 Å². The molecule has 0 amide bonds. The summed E-state index contributed by atoms with van der Waals surface area (Å²) >= 11 is 0. The number of hydrogen-bond acceptors (Lipinski definition) is 2. The van der Waals surface area contributed by atoms with E-state index in [0.717, 1.165) is 18.8 Å². The molecule has 0 aromatic carbocycles. The first kappa shape index (κ1) is 13.5. The Hall–Kier alpha value is 0.409. The second kappa shape index (κ2) is 6.88. The summed E-state index contributed by atoms with van der Waals surface area (Å²) in [6, 6.07) is 3.62. The summed E-state index contributed by atoms with van der Waals surface area (Å²) in [5, 5.41) is 0. The van der Waals surface area contributed by atoms with Gasteiger partial charge in [-0.2, -0.15) is 6.07 Å². The van der Waals surface area contributed by atoms with Crippen molar-refractivity contribution in [2.24, 2.45) is 5.92 Å². The zero-order valence-corrected chi connectivity index (χ0v) is 11.7. The molecule has 2 atom stereocenters. The van der Waals surface area contributed by atoms with Crippen molar-refractivity contribution < 1.29 is 41.9 Å². The van der Waals surface area contributed by atoms with Gasteiger partial charge in [0, 0.05) is 45.9 Å². The fourth-order valence-electron chi connectivity index (χ4n) is 1.93. The molecule has 1 aliphatic carbocycles. The van der Waals surface area contributed by atoms with Crippen LogP contribution >= 0.6 is 0 Å². The minimum atomic E-state index is 0. The van der Waals surface area contributed by atoms with E-state index in [9.17, 15) is 0 Å². The summed E-state index contributed by atoms with van der Waals surface area (Å²) in [6.07, 6.45) is 6.22. The van der Waals surface area contributed by atoms with Crippen molar-refractivity contribution in [3.05, 3.63) is 24.2 Å². The van der Waals surface area contributed by atoms with Crippen molar-refractivity contribution in [3.8, 4) is 0 Å². The largest absolute Gasteiger partial charge is 0.593 e. The number of ether oxygens (including phenoxy) is 1. The van der Waals surface area contributed by atoms with Gasteiger partial charge in [0.15, 0.2) is 0 Å². The van der Waals surface area contributed by atoms with Gasteiger partial charge < -0.3 is 9.15 Å². The van der Waals surface area contributed by atoms with Crippen LogP contribution < -0.4 is 0 Å². The maximum atomic E-state index is 5.93. The van der Waals surface area contributed by atoms with E-state index in [2.05, 4.69) is 6.26 Å². The maximum absolute atomic E-state index is 5.93. The molecule has 3 radical (unpaired) electrons. The molecule has 1 saturated carbocycles. The molecule has 0 N–H and O–H groups in total. The average molecular weight is 278 g/mol. The van der Waals surface area contributed by atoms with Crippen molar-refractivity contribution in [1.29, 1.82) is 0 Å². The van der Waals surface area contributed by atoms with Gasteiger partial charge in [-0.1, -0.05) is 18.7 Å². The predicted molar refractivity (Wildman–Crippen MR) is 54.0 cm³/mol. The zero-order chi connectivity index (χ0) is 9.80. The minimum Gasteiger partial charge on any atom is -0.593 e. The van der Waals surface area contributed by atoms with Crippen LogP contribution in [0.15, 0.2) is 16.5 Å². The van der Waals surface area contributed by atoms with E-state index in [1.807, 2.05) is 6.07 Å². The van der Waals surface area contributed by atoms with Crippen LogP contribution in [0.1, 0.15) is 25.0 Å². The fourth-order valence-corrected chi connectivity index (χ4v) is 1.93. The van der Waals surface area contributed by atoms with Crippen molar-refractivity contribution >= 4 is 7.85 Å². The quantitative estimate of drug-likeness (QED) is 0.623. The first-order valence-corrected chi connectivity index (χ1v) is 5.14. The number of rotatable bonds is 4. The van der Waals surface area contributed by atoms with Crippen molar-refractivity contribution in [3.63, 3.8) is 0 Å². The van der Waals surface area contributed by atoms with E-state index in [1.165, 1.54) is 12.8 Å². The van der Waals surface area contributed by atoms with Gasteiger partial charge in [-0.05, 0) is 24.4 Å². The molecule has 1 heterocycles. The van der Waals surface area contributed by atoms with Gasteiger partial charge in [0.2, 0.25) is 0 Å². The van der Waals surface area contributed by atoms with Crippen molar-refractivity contribution in [2.45, 2.75) is 31.7 Å². The number of hydrogen-bond donors (Lipinski definition) is 0. The van der Waals surface area contributed by atoms with Gasteiger partial charge in [-0.25, -0.2) is 0 Å². The summed E-state index contributed by atoms with van der Waals surface area (Å²) < 4.78 is 10.6. The molecule has 0 aliphatic heterocycles. The third-order valence-corrected chi connectivity index (χ3v) is 2.82. The Balaban J connectivity index is 0.00000112. The molecule has 4 heteroatoms. The molecule has 1 aliphatic rings. The van der Waals surface area contributed by atoms with E-state index in [0.29, 0.717) is 18.3 Å². The van der Waals surface area contributed by atoms with Crippen LogP contribution in [0.2, 0.25) is 5.82 Å². The standard InChI is InChI=1S/C11H14BO2.Y/c12-11-5-1-3-9(11)7-13-8-10-4-2-6-14-10;/h2,4,9,11H,1,3,5,7-8H2;/q-1;. The third kappa shape index (κ3) is 4.05. The monoisotopic (exact) mass is 278 g/mol. The van der Waals surface area contributed by atoms with Crippen LogP contribution in [-0.2, 0) is 44.1 Å². The summed E-state index contributed by atoms with van der Waals surface area (Å²) in [5.74, 6) is 1.70. The Kier molecular flexibility index (Phi) is 6.18. The first-order valence-electron chi connectivity index (χ1n) is 5.14. The summed E-state index contributed by atoms with van der Waals surface area (Å²) in [5.41, 5.74) is 0. The van der Waals surface area contributed by atoms with E-state index >= 15 is 0 Å². The Morgan fingerprint density at radius 2 is 2.40 bits per heavy atom. The van der Waals surface area contributed by atoms with E-state index in [1.54, 1.807) is 6.07 Å². The van der Waals surface area contributed by atoms with E-state index < -0.39 is 0 Å². The molecule has 1 aromatic rings. The van der Waals surface area contributed by atoms with Crippen molar-refractivity contribution in [1.82, 2.24) is 0 Å². The van der Waals surface area contributed by atoms with Crippen LogP contribution in [0.5, 0.6) is 0 Å². The first-order chi connectivity index (χ1) is 6.86. The van der Waals surface area contributed by atoms with Gasteiger partial charge in [0.05, 0.1) is 7.85 Å². The van der Waals surface area contributed by atoms with Crippen LogP contribution in [0.4, 0.5) is 0 Å². The Morgan fingerprint density at radius 1 is 1.53 bits per heavy atom. The molecule has 2 nitrogen and oxygen atoms in total. The van der Waals surface area contributed by atoms with Crippen molar-refractivity contribution in [2.75, 3.05) is 6.61 Å². The Labute approximate surface area is 117 Å². The van der Waals surface area contributed by atoms with Gasteiger partial charge in [-0.15, -0.1) is 6.07 Å². The van der Waals surface area contributed by atoms with Crippen LogP contribution in [0.3, 0.4) is 0 Å². The summed E-state index contributed by atoms with van der Waals surface area (Å²) in [4.78, 5) is 0. The summed E-state index contributed by atoms with van der Waals surface area (Å²) in [7, 11) is 5.93. The molecule has 2 rings (SSSR count). The molecule has 0 bridgehead atoms. The number of furan rings is 1. The molecule has 77 valence electrons. The third-order valence-electron chi connectivity index (χ3n) is 2.82. The predicted octanol–water partition coefficient (Wildman–Crippen LogP) is 2.35. The Bertz CT molecular complexity index is 264.